The summed E-state index contributed by atoms with van der Waals surface area (Å²) in [5.41, 5.74) is 3.38. The van der Waals surface area contributed by atoms with E-state index in [9.17, 15) is 19.7 Å². The van der Waals surface area contributed by atoms with E-state index in [-0.39, 0.29) is 17.0 Å². The van der Waals surface area contributed by atoms with E-state index in [1.807, 2.05) is 0 Å². The fraction of sp³-hybridized carbons (Fsp3) is 0. The maximum atomic E-state index is 11.9. The topological polar surface area (TPSA) is 136 Å². The Bertz CT molecular complexity index is 1010. The van der Waals surface area contributed by atoms with Crippen LogP contribution in [-0.4, -0.2) is 16.8 Å². The highest BCUT2D eigenvalue weighted by Crippen LogP contribution is 2.18. The molecule has 0 radical (unpaired) electrons. The quantitative estimate of drug-likeness (QED) is 0.382. The monoisotopic (exact) mass is 380 g/mol. The molecule has 0 saturated heterocycles. The molecule has 3 rings (SSSR count). The van der Waals surface area contributed by atoms with Crippen molar-refractivity contribution in [1.29, 1.82) is 0 Å². The molecule has 10 nitrogen and oxygen atoms in total. The van der Waals surface area contributed by atoms with E-state index >= 15 is 0 Å². The first-order valence-corrected chi connectivity index (χ1v) is 7.84. The van der Waals surface area contributed by atoms with Crippen molar-refractivity contribution in [3.63, 3.8) is 0 Å². The molecule has 0 atom stereocenters. The summed E-state index contributed by atoms with van der Waals surface area (Å²) in [6.45, 7) is 0. The fourth-order valence-corrected chi connectivity index (χ4v) is 2.03. The van der Waals surface area contributed by atoms with Crippen LogP contribution in [0.25, 0.3) is 0 Å². The van der Waals surface area contributed by atoms with Crippen molar-refractivity contribution >= 4 is 28.9 Å². The van der Waals surface area contributed by atoms with Gasteiger partial charge in [0.05, 0.1) is 22.6 Å². The van der Waals surface area contributed by atoms with Gasteiger partial charge in [0.2, 0.25) is 5.76 Å². The van der Waals surface area contributed by atoms with Crippen LogP contribution in [0.1, 0.15) is 20.9 Å². The van der Waals surface area contributed by atoms with Crippen molar-refractivity contribution in [3.05, 3.63) is 88.4 Å². The van der Waals surface area contributed by atoms with Crippen LogP contribution in [0.3, 0.4) is 0 Å². The van der Waals surface area contributed by atoms with E-state index in [1.54, 1.807) is 30.3 Å². The van der Waals surface area contributed by atoms with Crippen molar-refractivity contribution in [1.82, 2.24) is 0 Å². The second kappa shape index (κ2) is 8.36. The van der Waals surface area contributed by atoms with Gasteiger partial charge in [-0.3, -0.25) is 14.9 Å². The minimum absolute atomic E-state index is 0.0580. The molecule has 1 N–H and O–H groups in total. The molecule has 0 bridgehead atoms. The molecule has 140 valence electrons. The Hall–Kier alpha value is -4.34. The summed E-state index contributed by atoms with van der Waals surface area (Å²) in [7, 11) is 0. The minimum atomic E-state index is -0.678. The average Bonchev–Trinajstić information content (AvgIpc) is 3.26. The third-order valence-electron chi connectivity index (χ3n) is 3.43. The lowest BCUT2D eigenvalue weighted by atomic mass is 10.2. The number of nitrogens with zero attached hydrogens (tertiary/aromatic N) is 3. The smallest absolute Gasteiger partial charge is 0.398 e. The van der Waals surface area contributed by atoms with E-state index in [4.69, 9.17) is 9.25 Å². The van der Waals surface area contributed by atoms with Crippen molar-refractivity contribution in [2.75, 3.05) is 5.48 Å². The van der Waals surface area contributed by atoms with Crippen molar-refractivity contribution in [2.24, 2.45) is 10.2 Å². The maximum Gasteiger partial charge on any atom is 0.398 e. The lowest BCUT2D eigenvalue weighted by Gasteiger charge is -2.05. The summed E-state index contributed by atoms with van der Waals surface area (Å²) >= 11 is 0. The van der Waals surface area contributed by atoms with Crippen LogP contribution in [0, 0.1) is 10.1 Å². The summed E-state index contributed by atoms with van der Waals surface area (Å²) in [5.74, 6) is -1.25. The molecule has 3 aromatic rings. The SMILES string of the molecule is O=C(N=Nc1ccc(NOC(=O)c2ccco2)cc1)c1ccc([N+](=O)[O-])cc1. The number of nitro benzene ring substituents is 1. The third-order valence-corrected chi connectivity index (χ3v) is 3.43. The number of nitrogens with one attached hydrogen (secondary N) is 1. The number of carbonyl (C=O) groups excluding carboxylic acids is 2. The Balaban J connectivity index is 1.56. The molecule has 1 amide bonds. The van der Waals surface area contributed by atoms with Gasteiger partial charge in [0, 0.05) is 17.7 Å². The van der Waals surface area contributed by atoms with E-state index < -0.39 is 16.8 Å². The number of furan rings is 1. The number of benzene rings is 2. The molecular weight excluding hydrogens is 368 g/mol. The zero-order chi connectivity index (χ0) is 19.9. The Morgan fingerprint density at radius 1 is 1.04 bits per heavy atom. The van der Waals surface area contributed by atoms with Gasteiger partial charge in [0.15, 0.2) is 0 Å². The van der Waals surface area contributed by atoms with Gasteiger partial charge in [0.1, 0.15) is 0 Å². The van der Waals surface area contributed by atoms with Crippen LogP contribution in [-0.2, 0) is 4.84 Å². The number of hydrogen-bond donors (Lipinski definition) is 1. The standard InChI is InChI=1S/C18H12N4O6/c23-17(12-3-9-15(10-4-12)22(25)26)20-19-13-5-7-14(8-6-13)21-28-18(24)16-2-1-11-27-16/h1-11,21H. The molecule has 0 unspecified atom stereocenters. The van der Waals surface area contributed by atoms with Gasteiger partial charge >= 0.3 is 5.97 Å². The fourth-order valence-electron chi connectivity index (χ4n) is 2.03. The van der Waals surface area contributed by atoms with Crippen LogP contribution >= 0.6 is 0 Å². The molecule has 2 aromatic carbocycles. The Labute approximate surface area is 157 Å². The zero-order valence-corrected chi connectivity index (χ0v) is 14.1. The Morgan fingerprint density at radius 2 is 1.75 bits per heavy atom. The molecule has 0 fully saturated rings. The Morgan fingerprint density at radius 3 is 2.36 bits per heavy atom. The van der Waals surface area contributed by atoms with Gasteiger partial charge < -0.3 is 9.25 Å². The van der Waals surface area contributed by atoms with E-state index in [2.05, 4.69) is 15.7 Å². The van der Waals surface area contributed by atoms with Crippen molar-refractivity contribution in [3.8, 4) is 0 Å². The Kier molecular flexibility index (Phi) is 5.51. The predicted octanol–water partition coefficient (Wildman–Crippen LogP) is 4.30. The molecule has 1 heterocycles. The van der Waals surface area contributed by atoms with E-state index in [1.165, 1.54) is 36.6 Å². The van der Waals surface area contributed by atoms with Crippen LogP contribution in [0.15, 0.2) is 81.6 Å². The lowest BCUT2D eigenvalue weighted by molar-refractivity contribution is -0.384. The highest BCUT2D eigenvalue weighted by Gasteiger charge is 2.10. The minimum Gasteiger partial charge on any atom is -0.457 e. The molecule has 0 aliphatic heterocycles. The number of rotatable bonds is 6. The number of anilines is 1. The summed E-state index contributed by atoms with van der Waals surface area (Å²) < 4.78 is 4.90. The van der Waals surface area contributed by atoms with Gasteiger partial charge in [-0.15, -0.1) is 10.2 Å². The normalized spacial score (nSPS) is 10.6. The first-order chi connectivity index (χ1) is 13.5. The average molecular weight is 380 g/mol. The van der Waals surface area contributed by atoms with Crippen LogP contribution < -0.4 is 5.48 Å². The van der Waals surface area contributed by atoms with Crippen LogP contribution in [0.4, 0.5) is 17.1 Å². The maximum absolute atomic E-state index is 11.9. The number of amides is 1. The number of non-ortho nitro benzene ring substituents is 1. The van der Waals surface area contributed by atoms with E-state index in [0.29, 0.717) is 11.4 Å². The number of carbonyl (C=O) groups is 2. The number of hydrogen-bond acceptors (Lipinski definition) is 8. The van der Waals surface area contributed by atoms with Crippen LogP contribution in [0.5, 0.6) is 0 Å². The predicted molar refractivity (Wildman–Crippen MR) is 96.1 cm³/mol. The highest BCUT2D eigenvalue weighted by molar-refractivity contribution is 5.94. The van der Waals surface area contributed by atoms with Gasteiger partial charge in [-0.2, -0.15) is 0 Å². The molecule has 10 heteroatoms. The third kappa shape index (κ3) is 4.64. The summed E-state index contributed by atoms with van der Waals surface area (Å²) in [4.78, 5) is 38.5. The van der Waals surface area contributed by atoms with Gasteiger partial charge in [-0.1, -0.05) is 0 Å². The summed E-state index contributed by atoms with van der Waals surface area (Å²) in [5, 5.41) is 18.0. The molecule has 1 aromatic heterocycles. The first-order valence-electron chi connectivity index (χ1n) is 7.84. The van der Waals surface area contributed by atoms with Crippen molar-refractivity contribution < 1.29 is 23.8 Å². The second-order valence-corrected chi connectivity index (χ2v) is 5.32. The lowest BCUT2D eigenvalue weighted by Crippen LogP contribution is -2.09. The molecular formula is C18H12N4O6. The van der Waals surface area contributed by atoms with Gasteiger partial charge in [-0.25, -0.2) is 10.3 Å². The van der Waals surface area contributed by atoms with Crippen LogP contribution in [0.2, 0.25) is 0 Å². The molecule has 0 aliphatic carbocycles. The largest absolute Gasteiger partial charge is 0.457 e. The highest BCUT2D eigenvalue weighted by atomic mass is 16.7. The molecule has 28 heavy (non-hydrogen) atoms. The number of nitro groups is 1. The zero-order valence-electron chi connectivity index (χ0n) is 14.1. The number of azo groups is 1. The summed E-state index contributed by atoms with van der Waals surface area (Å²) in [6, 6.07) is 14.3. The second-order valence-electron chi connectivity index (χ2n) is 5.32. The van der Waals surface area contributed by atoms with Gasteiger partial charge in [-0.05, 0) is 48.5 Å². The first kappa shape index (κ1) is 18.5. The molecule has 0 aliphatic rings. The summed E-state index contributed by atoms with van der Waals surface area (Å²) in [6.07, 6.45) is 1.36. The molecule has 0 spiro atoms. The van der Waals surface area contributed by atoms with Gasteiger partial charge in [0.25, 0.3) is 11.6 Å². The van der Waals surface area contributed by atoms with E-state index in [0.717, 1.165) is 0 Å². The van der Waals surface area contributed by atoms with Crippen molar-refractivity contribution in [2.45, 2.75) is 0 Å². The molecule has 0 saturated carbocycles.